The number of nitrogens with zero attached hydrogens (tertiary/aromatic N) is 3. The summed E-state index contributed by atoms with van der Waals surface area (Å²) in [6.45, 7) is 3.51. The van der Waals surface area contributed by atoms with Gasteiger partial charge in [-0.25, -0.2) is 4.79 Å². The van der Waals surface area contributed by atoms with Gasteiger partial charge in [0, 0.05) is 48.2 Å². The van der Waals surface area contributed by atoms with Crippen molar-refractivity contribution >= 4 is 11.8 Å². The molecule has 0 atom stereocenters. The number of oxime groups is 1. The van der Waals surface area contributed by atoms with Crippen molar-refractivity contribution in [2.75, 3.05) is 26.2 Å². The van der Waals surface area contributed by atoms with E-state index in [0.29, 0.717) is 24.4 Å². The zero-order valence-electron chi connectivity index (χ0n) is 18.3. The summed E-state index contributed by atoms with van der Waals surface area (Å²) in [5.74, 6) is 0.736. The van der Waals surface area contributed by atoms with E-state index >= 15 is 0 Å². The number of rotatable bonds is 6. The predicted molar refractivity (Wildman–Crippen MR) is 124 cm³/mol. The lowest BCUT2D eigenvalue weighted by atomic mass is 9.98. The molecule has 0 unspecified atom stereocenters. The Labute approximate surface area is 191 Å². The lowest BCUT2D eigenvalue weighted by Crippen LogP contribution is -2.34. The minimum atomic E-state index is -0.534. The van der Waals surface area contributed by atoms with Crippen molar-refractivity contribution in [1.82, 2.24) is 15.2 Å². The van der Waals surface area contributed by atoms with Gasteiger partial charge in [0.2, 0.25) is 0 Å². The van der Waals surface area contributed by atoms with Gasteiger partial charge in [0.25, 0.3) is 5.95 Å². The average molecular weight is 447 g/mol. The summed E-state index contributed by atoms with van der Waals surface area (Å²) in [6.07, 6.45) is 6.81. The number of aryl methyl sites for hydroxylation is 1. The fourth-order valence-electron chi connectivity index (χ4n) is 4.54. The molecular formula is C25H26N4O4. The van der Waals surface area contributed by atoms with Crippen LogP contribution in [0, 0.1) is 0 Å². The third kappa shape index (κ3) is 4.61. The van der Waals surface area contributed by atoms with E-state index in [2.05, 4.69) is 26.4 Å². The van der Waals surface area contributed by atoms with Crippen molar-refractivity contribution in [3.8, 4) is 28.4 Å². The molecule has 0 saturated carbocycles. The maximum Gasteiger partial charge on any atom is 0.415 e. The topological polar surface area (TPSA) is 100 Å². The SMILES string of the molecule is O=C(NCCN1CCCC1)Oc1cc(-c2ccc3c(c2)CCC3=NO)c(-c2ccncc2)o1. The number of benzene rings is 1. The first-order valence-corrected chi connectivity index (χ1v) is 11.3. The number of carbonyl (C=O) groups is 1. The molecule has 0 spiro atoms. The highest BCUT2D eigenvalue weighted by atomic mass is 16.6. The molecule has 0 bridgehead atoms. The summed E-state index contributed by atoms with van der Waals surface area (Å²) in [5, 5.41) is 15.4. The van der Waals surface area contributed by atoms with Crippen LogP contribution in [0.2, 0.25) is 0 Å². The number of likely N-dealkylation sites (tertiary alicyclic amines) is 1. The zero-order valence-corrected chi connectivity index (χ0v) is 18.3. The molecule has 33 heavy (non-hydrogen) atoms. The highest BCUT2D eigenvalue weighted by molar-refractivity contribution is 6.04. The number of aromatic nitrogens is 1. The van der Waals surface area contributed by atoms with E-state index in [4.69, 9.17) is 9.15 Å². The second-order valence-corrected chi connectivity index (χ2v) is 8.33. The first kappa shape index (κ1) is 21.2. The van der Waals surface area contributed by atoms with Gasteiger partial charge in [0.05, 0.1) is 5.71 Å². The first-order chi connectivity index (χ1) is 16.2. The van der Waals surface area contributed by atoms with Crippen LogP contribution in [-0.4, -0.2) is 53.1 Å². The Bertz CT molecular complexity index is 1170. The number of furan rings is 1. The molecular weight excluding hydrogens is 420 g/mol. The van der Waals surface area contributed by atoms with E-state index in [1.54, 1.807) is 18.5 Å². The molecule has 2 aliphatic rings. The zero-order chi connectivity index (χ0) is 22.6. The Morgan fingerprint density at radius 1 is 1.09 bits per heavy atom. The minimum Gasteiger partial charge on any atom is -0.425 e. The van der Waals surface area contributed by atoms with E-state index in [9.17, 15) is 10.0 Å². The van der Waals surface area contributed by atoms with Crippen LogP contribution in [0.15, 0.2) is 58.4 Å². The van der Waals surface area contributed by atoms with Crippen LogP contribution in [0.5, 0.6) is 5.95 Å². The highest BCUT2D eigenvalue weighted by Crippen LogP contribution is 2.39. The summed E-state index contributed by atoms with van der Waals surface area (Å²) in [6, 6.07) is 11.4. The van der Waals surface area contributed by atoms with Gasteiger partial charge in [-0.2, -0.15) is 0 Å². The number of fused-ring (bicyclic) bond motifs is 1. The van der Waals surface area contributed by atoms with Crippen molar-refractivity contribution < 1.29 is 19.2 Å². The molecule has 3 heterocycles. The van der Waals surface area contributed by atoms with Crippen molar-refractivity contribution in [2.45, 2.75) is 25.7 Å². The van der Waals surface area contributed by atoms with Crippen molar-refractivity contribution in [3.05, 3.63) is 59.9 Å². The van der Waals surface area contributed by atoms with E-state index in [0.717, 1.165) is 53.9 Å². The van der Waals surface area contributed by atoms with E-state index < -0.39 is 6.09 Å². The molecule has 8 nitrogen and oxygen atoms in total. The van der Waals surface area contributed by atoms with Crippen molar-refractivity contribution in [1.29, 1.82) is 0 Å². The van der Waals surface area contributed by atoms with Gasteiger partial charge < -0.3 is 24.6 Å². The molecule has 5 rings (SSSR count). The summed E-state index contributed by atoms with van der Waals surface area (Å²) < 4.78 is 11.4. The molecule has 1 amide bonds. The second-order valence-electron chi connectivity index (χ2n) is 8.33. The third-order valence-corrected chi connectivity index (χ3v) is 6.22. The monoisotopic (exact) mass is 446 g/mol. The van der Waals surface area contributed by atoms with E-state index in [1.807, 2.05) is 24.3 Å². The standard InChI is InChI=1S/C25H26N4O4/c30-25(27-11-14-29-12-1-2-13-29)33-23-16-21(24(32-23)17-7-9-26-10-8-17)19-3-5-20-18(15-19)4-6-22(20)28-31/h3,5,7-10,15-16,31H,1-2,4,6,11-14H2,(H,27,30). The third-order valence-electron chi connectivity index (χ3n) is 6.22. The lowest BCUT2D eigenvalue weighted by Gasteiger charge is -2.14. The van der Waals surface area contributed by atoms with Gasteiger partial charge in [-0.15, -0.1) is 0 Å². The first-order valence-electron chi connectivity index (χ1n) is 11.3. The molecule has 8 heteroatoms. The number of pyridine rings is 1. The molecule has 2 N–H and O–H groups in total. The van der Waals surface area contributed by atoms with Crippen LogP contribution in [0.25, 0.3) is 22.5 Å². The number of amides is 1. The Hall–Kier alpha value is -3.65. The lowest BCUT2D eigenvalue weighted by molar-refractivity contribution is 0.186. The van der Waals surface area contributed by atoms with Gasteiger partial charge in [0.1, 0.15) is 5.76 Å². The molecule has 1 aliphatic carbocycles. The summed E-state index contributed by atoms with van der Waals surface area (Å²) in [5.41, 5.74) is 5.37. The molecule has 1 saturated heterocycles. The molecule has 2 aromatic heterocycles. The number of nitrogens with one attached hydrogen (secondary N) is 1. The Kier molecular flexibility index (Phi) is 6.08. The van der Waals surface area contributed by atoms with Gasteiger partial charge in [-0.3, -0.25) is 4.98 Å². The van der Waals surface area contributed by atoms with Crippen molar-refractivity contribution in [3.63, 3.8) is 0 Å². The van der Waals surface area contributed by atoms with Crippen LogP contribution in [0.4, 0.5) is 4.79 Å². The Balaban J connectivity index is 1.37. The smallest absolute Gasteiger partial charge is 0.415 e. The van der Waals surface area contributed by atoms with Crippen LogP contribution in [0.1, 0.15) is 30.4 Å². The average Bonchev–Trinajstić information content (AvgIpc) is 3.59. The Morgan fingerprint density at radius 3 is 2.70 bits per heavy atom. The summed E-state index contributed by atoms with van der Waals surface area (Å²) >= 11 is 0. The number of ether oxygens (including phenoxy) is 1. The molecule has 170 valence electrons. The fraction of sp³-hybridized carbons (Fsp3) is 0.320. The van der Waals surface area contributed by atoms with Gasteiger partial charge in [0.15, 0.2) is 0 Å². The van der Waals surface area contributed by atoms with E-state index in [1.165, 1.54) is 12.8 Å². The molecule has 0 radical (unpaired) electrons. The van der Waals surface area contributed by atoms with Gasteiger partial charge in [-0.1, -0.05) is 23.4 Å². The predicted octanol–water partition coefficient (Wildman–Crippen LogP) is 4.32. The summed E-state index contributed by atoms with van der Waals surface area (Å²) in [4.78, 5) is 18.8. The Morgan fingerprint density at radius 2 is 1.91 bits per heavy atom. The normalized spacial score (nSPS) is 16.8. The fourth-order valence-corrected chi connectivity index (χ4v) is 4.54. The second kappa shape index (κ2) is 9.46. The highest BCUT2D eigenvalue weighted by Gasteiger charge is 2.22. The van der Waals surface area contributed by atoms with Crippen LogP contribution in [-0.2, 0) is 6.42 Å². The van der Waals surface area contributed by atoms with Crippen LogP contribution in [0.3, 0.4) is 0 Å². The van der Waals surface area contributed by atoms with Crippen LogP contribution < -0.4 is 10.1 Å². The number of carbonyl (C=O) groups excluding carboxylic acids is 1. The summed E-state index contributed by atoms with van der Waals surface area (Å²) in [7, 11) is 0. The quantitative estimate of drug-likeness (QED) is 0.432. The molecule has 1 aliphatic heterocycles. The maximum absolute atomic E-state index is 12.3. The van der Waals surface area contributed by atoms with Crippen LogP contribution >= 0.6 is 0 Å². The number of hydrogen-bond acceptors (Lipinski definition) is 7. The molecule has 1 aromatic carbocycles. The molecule has 3 aromatic rings. The maximum atomic E-state index is 12.3. The minimum absolute atomic E-state index is 0.133. The van der Waals surface area contributed by atoms with Gasteiger partial charge in [-0.05, 0) is 62.0 Å². The number of hydrogen-bond donors (Lipinski definition) is 2. The largest absolute Gasteiger partial charge is 0.425 e. The molecule has 1 fully saturated rings. The van der Waals surface area contributed by atoms with E-state index in [-0.39, 0.29) is 5.95 Å². The van der Waals surface area contributed by atoms with Crippen molar-refractivity contribution in [2.24, 2.45) is 5.16 Å². The van der Waals surface area contributed by atoms with Gasteiger partial charge >= 0.3 is 6.09 Å².